The van der Waals surface area contributed by atoms with Gasteiger partial charge in [0.2, 0.25) is 0 Å². The van der Waals surface area contributed by atoms with Gasteiger partial charge < -0.3 is 8.83 Å². The zero-order valence-corrected chi connectivity index (χ0v) is 26.7. The summed E-state index contributed by atoms with van der Waals surface area (Å²) < 4.78 is 13.3. The van der Waals surface area contributed by atoms with Crippen LogP contribution in [-0.2, 0) is 0 Å². The van der Waals surface area contributed by atoms with Gasteiger partial charge in [-0.3, -0.25) is 4.98 Å². The first-order chi connectivity index (χ1) is 24.8. The van der Waals surface area contributed by atoms with Crippen LogP contribution >= 0.6 is 0 Å². The van der Waals surface area contributed by atoms with Gasteiger partial charge in [0.15, 0.2) is 5.82 Å². The van der Waals surface area contributed by atoms with E-state index in [9.17, 15) is 0 Å². The lowest BCUT2D eigenvalue weighted by Crippen LogP contribution is -1.98. The molecule has 4 aromatic heterocycles. The number of furan rings is 2. The van der Waals surface area contributed by atoms with Crippen LogP contribution in [0.2, 0.25) is 0 Å². The average molecular weight is 642 g/mol. The first-order valence-electron chi connectivity index (χ1n) is 16.6. The molecule has 0 aliphatic carbocycles. The molecular weight excluding hydrogens is 615 g/mol. The van der Waals surface area contributed by atoms with Crippen molar-refractivity contribution in [2.75, 3.05) is 0 Å². The second kappa shape index (κ2) is 11.4. The van der Waals surface area contributed by atoms with E-state index in [2.05, 4.69) is 96.0 Å². The molecule has 0 radical (unpaired) electrons. The fourth-order valence-corrected chi connectivity index (χ4v) is 7.13. The van der Waals surface area contributed by atoms with Crippen molar-refractivity contribution in [2.24, 2.45) is 0 Å². The van der Waals surface area contributed by atoms with Crippen LogP contribution in [-0.4, -0.2) is 15.0 Å². The minimum absolute atomic E-state index is 0.626. The third kappa shape index (κ3) is 4.52. The van der Waals surface area contributed by atoms with E-state index in [1.54, 1.807) is 6.20 Å². The van der Waals surface area contributed by atoms with Crippen LogP contribution in [0.25, 0.3) is 100 Å². The molecule has 50 heavy (non-hydrogen) atoms. The quantitative estimate of drug-likeness (QED) is 0.187. The molecule has 0 N–H and O–H groups in total. The average Bonchev–Trinajstić information content (AvgIpc) is 3.77. The van der Waals surface area contributed by atoms with Gasteiger partial charge >= 0.3 is 0 Å². The van der Waals surface area contributed by atoms with Crippen LogP contribution < -0.4 is 0 Å². The molecule has 10 aromatic rings. The summed E-state index contributed by atoms with van der Waals surface area (Å²) >= 11 is 0. The lowest BCUT2D eigenvalue weighted by Gasteiger charge is -2.13. The number of pyridine rings is 1. The predicted octanol–water partition coefficient (Wildman–Crippen LogP) is 12.0. The Morgan fingerprint density at radius 2 is 1.04 bits per heavy atom. The molecule has 6 aromatic carbocycles. The number of fused-ring (bicyclic) bond motifs is 6. The molecule has 0 saturated heterocycles. The topological polar surface area (TPSA) is 65.0 Å². The normalized spacial score (nSPS) is 11.6. The molecule has 5 heteroatoms. The van der Waals surface area contributed by atoms with Gasteiger partial charge in [-0.2, -0.15) is 0 Å². The van der Waals surface area contributed by atoms with Crippen molar-refractivity contribution in [3.8, 4) is 56.2 Å². The Hall–Kier alpha value is -6.85. The van der Waals surface area contributed by atoms with Gasteiger partial charge in [0, 0.05) is 61.8 Å². The lowest BCUT2D eigenvalue weighted by molar-refractivity contribution is 0.669. The van der Waals surface area contributed by atoms with E-state index in [-0.39, 0.29) is 0 Å². The summed E-state index contributed by atoms with van der Waals surface area (Å²) in [5.74, 6) is 0.626. The van der Waals surface area contributed by atoms with Gasteiger partial charge in [-0.25, -0.2) is 9.97 Å². The summed E-state index contributed by atoms with van der Waals surface area (Å²) in [4.78, 5) is 14.8. The van der Waals surface area contributed by atoms with Gasteiger partial charge in [-0.1, -0.05) is 121 Å². The second-order valence-electron chi connectivity index (χ2n) is 12.4. The summed E-state index contributed by atoms with van der Waals surface area (Å²) in [5, 5.41) is 4.24. The van der Waals surface area contributed by atoms with E-state index < -0.39 is 0 Å². The van der Waals surface area contributed by atoms with Crippen LogP contribution in [0.1, 0.15) is 0 Å². The van der Waals surface area contributed by atoms with Gasteiger partial charge in [0.05, 0.1) is 11.4 Å². The molecule has 0 fully saturated rings. The van der Waals surface area contributed by atoms with Crippen molar-refractivity contribution < 1.29 is 8.83 Å². The number of benzene rings is 6. The third-order valence-corrected chi connectivity index (χ3v) is 9.43. The highest BCUT2D eigenvalue weighted by Gasteiger charge is 2.22. The summed E-state index contributed by atoms with van der Waals surface area (Å²) in [6.07, 6.45) is 3.66. The molecule has 5 nitrogen and oxygen atoms in total. The molecule has 0 aliphatic heterocycles. The van der Waals surface area contributed by atoms with Gasteiger partial charge in [0.1, 0.15) is 22.3 Å². The van der Waals surface area contributed by atoms with Crippen molar-refractivity contribution >= 4 is 43.9 Å². The summed E-state index contributed by atoms with van der Waals surface area (Å²) in [7, 11) is 0. The lowest BCUT2D eigenvalue weighted by atomic mass is 9.94. The summed E-state index contributed by atoms with van der Waals surface area (Å²) in [6.45, 7) is 0. The van der Waals surface area contributed by atoms with Crippen LogP contribution in [0.3, 0.4) is 0 Å². The molecule has 0 saturated carbocycles. The first kappa shape index (κ1) is 28.2. The summed E-state index contributed by atoms with van der Waals surface area (Å²) in [5.41, 5.74) is 11.8. The van der Waals surface area contributed by atoms with Crippen molar-refractivity contribution in [1.29, 1.82) is 0 Å². The summed E-state index contributed by atoms with van der Waals surface area (Å²) in [6, 6.07) is 51.6. The fourth-order valence-electron chi connectivity index (χ4n) is 7.13. The Morgan fingerprint density at radius 3 is 1.88 bits per heavy atom. The van der Waals surface area contributed by atoms with Gasteiger partial charge in [-0.15, -0.1) is 0 Å². The number of hydrogen-bond acceptors (Lipinski definition) is 5. The Bertz CT molecular complexity index is 2870. The van der Waals surface area contributed by atoms with Crippen LogP contribution in [0.4, 0.5) is 0 Å². The maximum absolute atomic E-state index is 6.76. The molecule has 0 atom stereocenters. The van der Waals surface area contributed by atoms with Crippen molar-refractivity contribution in [3.63, 3.8) is 0 Å². The standard InChI is InChI=1S/C45H27N3O2/c1-2-12-28(13-3-1)38-26-39(48-45(47-38)35-17-5-4-15-30(35)29-14-11-25-46-27-29)36-24-23-32(42-37-18-7-9-22-41(37)50-44(36)42)34-20-10-19-33-31-16-6-8-21-40(31)49-43(33)34/h1-27H. The molecular formula is C45H27N3O2. The highest BCUT2D eigenvalue weighted by Crippen LogP contribution is 2.45. The SMILES string of the molecule is c1ccc(-c2cc(-c3ccc(-c4cccc5c4oc4ccccc45)c4c3oc3ccccc34)nc(-c3ccccc3-c3cccnc3)n2)cc1. The number of hydrogen-bond donors (Lipinski definition) is 0. The van der Waals surface area contributed by atoms with Crippen LogP contribution in [0, 0.1) is 0 Å². The smallest absolute Gasteiger partial charge is 0.161 e. The largest absolute Gasteiger partial charge is 0.455 e. The number of para-hydroxylation sites is 3. The molecule has 0 bridgehead atoms. The molecule has 4 heterocycles. The van der Waals surface area contributed by atoms with E-state index in [4.69, 9.17) is 18.8 Å². The zero-order valence-electron chi connectivity index (χ0n) is 26.7. The Morgan fingerprint density at radius 1 is 0.400 bits per heavy atom. The van der Waals surface area contributed by atoms with Crippen molar-refractivity contribution in [3.05, 3.63) is 164 Å². The minimum Gasteiger partial charge on any atom is -0.455 e. The Labute approximate surface area is 287 Å². The highest BCUT2D eigenvalue weighted by molar-refractivity contribution is 6.19. The highest BCUT2D eigenvalue weighted by atomic mass is 16.3. The Kier molecular flexibility index (Phi) is 6.42. The molecule has 0 unspecified atom stereocenters. The third-order valence-electron chi connectivity index (χ3n) is 9.43. The zero-order chi connectivity index (χ0) is 33.0. The first-order valence-corrected chi connectivity index (χ1v) is 16.6. The van der Waals surface area contributed by atoms with Crippen molar-refractivity contribution in [2.45, 2.75) is 0 Å². The van der Waals surface area contributed by atoms with E-state index in [0.717, 1.165) is 94.2 Å². The molecule has 0 amide bonds. The monoisotopic (exact) mass is 641 g/mol. The van der Waals surface area contributed by atoms with E-state index in [1.807, 2.05) is 66.9 Å². The Balaban J connectivity index is 1.25. The predicted molar refractivity (Wildman–Crippen MR) is 202 cm³/mol. The number of rotatable bonds is 5. The maximum Gasteiger partial charge on any atom is 0.161 e. The number of nitrogens with zero attached hydrogens (tertiary/aromatic N) is 3. The van der Waals surface area contributed by atoms with Crippen LogP contribution in [0.5, 0.6) is 0 Å². The van der Waals surface area contributed by atoms with Crippen LogP contribution in [0.15, 0.2) is 173 Å². The minimum atomic E-state index is 0.626. The fraction of sp³-hybridized carbons (Fsp3) is 0. The van der Waals surface area contributed by atoms with E-state index >= 15 is 0 Å². The number of aromatic nitrogens is 3. The maximum atomic E-state index is 6.76. The van der Waals surface area contributed by atoms with E-state index in [1.165, 1.54) is 0 Å². The molecule has 10 rings (SSSR count). The van der Waals surface area contributed by atoms with Crippen molar-refractivity contribution in [1.82, 2.24) is 15.0 Å². The molecule has 0 aliphatic rings. The van der Waals surface area contributed by atoms with E-state index in [0.29, 0.717) is 5.82 Å². The van der Waals surface area contributed by atoms with Gasteiger partial charge in [0.25, 0.3) is 0 Å². The molecule has 234 valence electrons. The van der Waals surface area contributed by atoms with Gasteiger partial charge in [-0.05, 0) is 41.5 Å². The molecule has 0 spiro atoms. The second-order valence-corrected chi connectivity index (χ2v) is 12.4.